The summed E-state index contributed by atoms with van der Waals surface area (Å²) < 4.78 is 56.2. The van der Waals surface area contributed by atoms with Crippen LogP contribution in [-0.2, 0) is 6.18 Å². The van der Waals surface area contributed by atoms with Gasteiger partial charge in [0, 0.05) is 54.1 Å². The van der Waals surface area contributed by atoms with Gasteiger partial charge in [0.25, 0.3) is 5.91 Å². The number of carbonyl (C=O) groups excluding carboxylic acids is 1. The summed E-state index contributed by atoms with van der Waals surface area (Å²) in [7, 11) is 0. The van der Waals surface area contributed by atoms with Crippen LogP contribution in [0.5, 0.6) is 0 Å². The van der Waals surface area contributed by atoms with Crippen LogP contribution in [0.4, 0.5) is 29.1 Å². The van der Waals surface area contributed by atoms with Crippen LogP contribution in [0.1, 0.15) is 52.5 Å². The second kappa shape index (κ2) is 9.99. The maximum Gasteiger partial charge on any atom is 0.417 e. The van der Waals surface area contributed by atoms with Crippen LogP contribution >= 0.6 is 11.3 Å². The Morgan fingerprint density at radius 3 is 2.49 bits per heavy atom. The lowest BCUT2D eigenvalue weighted by molar-refractivity contribution is -0.137. The quantitative estimate of drug-likeness (QED) is 0.272. The number of hydrogen-bond acceptors (Lipinski definition) is 7. The summed E-state index contributed by atoms with van der Waals surface area (Å²) in [5.74, 6) is -1.48. The van der Waals surface area contributed by atoms with Gasteiger partial charge in [0.15, 0.2) is 11.6 Å². The summed E-state index contributed by atoms with van der Waals surface area (Å²) in [6.45, 7) is 1.48. The van der Waals surface area contributed by atoms with Crippen molar-refractivity contribution in [3.05, 3.63) is 70.2 Å². The Balaban J connectivity index is 1.38. The molecule has 2 aliphatic rings. The van der Waals surface area contributed by atoms with Crippen LogP contribution in [0.15, 0.2) is 48.2 Å². The molecule has 1 saturated carbocycles. The number of hydrogen-bond donors (Lipinski definition) is 1. The number of thiazole rings is 1. The number of nitrogens with one attached hydrogen (secondary N) is 1. The van der Waals surface area contributed by atoms with Crippen LogP contribution in [0.2, 0.25) is 0 Å². The van der Waals surface area contributed by atoms with Gasteiger partial charge in [-0.05, 0) is 49.9 Å². The van der Waals surface area contributed by atoms with Crippen molar-refractivity contribution in [2.24, 2.45) is 0 Å². The van der Waals surface area contributed by atoms with E-state index in [0.717, 1.165) is 55.5 Å². The maximum atomic E-state index is 15.0. The third kappa shape index (κ3) is 5.20. The van der Waals surface area contributed by atoms with Crippen LogP contribution in [-0.4, -0.2) is 38.9 Å². The highest BCUT2D eigenvalue weighted by molar-refractivity contribution is 7.10. The molecular weight excluding hydrogens is 532 g/mol. The average Bonchev–Trinajstić information content (AvgIpc) is 3.40. The molecule has 1 aliphatic heterocycles. The van der Waals surface area contributed by atoms with Gasteiger partial charge in [-0.3, -0.25) is 4.79 Å². The van der Waals surface area contributed by atoms with Gasteiger partial charge in [0.1, 0.15) is 5.82 Å². The predicted octanol–water partition coefficient (Wildman–Crippen LogP) is 6.55. The minimum atomic E-state index is -4.88. The SMILES string of the molecule is O=C(Nc1cc(-c2csc(C3CC3)n2)cnc1N1CCCC1)c1cc(-c2ncccn2)c(C(F)(F)F)cc1F. The number of halogens is 4. The minimum Gasteiger partial charge on any atom is -0.355 e. The second-order valence-electron chi connectivity index (χ2n) is 9.54. The molecule has 7 nitrogen and oxygen atoms in total. The number of pyridine rings is 1. The van der Waals surface area contributed by atoms with E-state index < -0.39 is 34.6 Å². The number of rotatable bonds is 6. The third-order valence-corrected chi connectivity index (χ3v) is 7.74. The molecular formula is C27H22F4N6OS. The largest absolute Gasteiger partial charge is 0.417 e. The summed E-state index contributed by atoms with van der Waals surface area (Å²) in [4.78, 5) is 32.5. The van der Waals surface area contributed by atoms with E-state index in [4.69, 9.17) is 4.98 Å². The summed E-state index contributed by atoms with van der Waals surface area (Å²) in [5.41, 5.74) is -0.578. The number of anilines is 2. The maximum absolute atomic E-state index is 15.0. The summed E-state index contributed by atoms with van der Waals surface area (Å²) in [6.07, 6.45) is 3.53. The molecule has 0 radical (unpaired) electrons. The fourth-order valence-corrected chi connectivity index (χ4v) is 5.60. The van der Waals surface area contributed by atoms with Gasteiger partial charge >= 0.3 is 6.18 Å². The van der Waals surface area contributed by atoms with Crippen LogP contribution in [0.3, 0.4) is 0 Å². The molecule has 0 atom stereocenters. The van der Waals surface area contributed by atoms with Crippen molar-refractivity contribution >= 4 is 28.7 Å². The molecule has 0 unspecified atom stereocenters. The van der Waals surface area contributed by atoms with Gasteiger partial charge in [0.05, 0.1) is 27.5 Å². The molecule has 200 valence electrons. The molecule has 1 saturated heterocycles. The summed E-state index contributed by atoms with van der Waals surface area (Å²) in [6, 6.07) is 4.33. The van der Waals surface area contributed by atoms with Gasteiger partial charge in [-0.15, -0.1) is 11.3 Å². The number of aromatic nitrogens is 4. The zero-order chi connectivity index (χ0) is 27.1. The molecule has 0 spiro atoms. The highest BCUT2D eigenvalue weighted by atomic mass is 32.1. The molecule has 12 heteroatoms. The van der Waals surface area contributed by atoms with Crippen molar-refractivity contribution in [2.45, 2.75) is 37.8 Å². The van der Waals surface area contributed by atoms with Crippen molar-refractivity contribution in [2.75, 3.05) is 23.3 Å². The molecule has 0 bridgehead atoms. The number of amides is 1. The van der Waals surface area contributed by atoms with Crippen molar-refractivity contribution < 1.29 is 22.4 Å². The second-order valence-corrected chi connectivity index (χ2v) is 10.4. The smallest absolute Gasteiger partial charge is 0.355 e. The predicted molar refractivity (Wildman–Crippen MR) is 139 cm³/mol. The number of alkyl halides is 3. The molecule has 1 aliphatic carbocycles. The van der Waals surface area contributed by atoms with Crippen LogP contribution in [0, 0.1) is 5.82 Å². The van der Waals surface area contributed by atoms with Crippen molar-refractivity contribution in [3.8, 4) is 22.6 Å². The lowest BCUT2D eigenvalue weighted by Gasteiger charge is -2.21. The molecule has 2 fully saturated rings. The van der Waals surface area contributed by atoms with E-state index >= 15 is 4.39 Å². The first-order valence-electron chi connectivity index (χ1n) is 12.5. The van der Waals surface area contributed by atoms with Gasteiger partial charge in [-0.25, -0.2) is 24.3 Å². The normalized spacial score (nSPS) is 15.5. The van der Waals surface area contributed by atoms with Gasteiger partial charge in [-0.2, -0.15) is 13.2 Å². The molecule has 1 amide bonds. The molecule has 1 N–H and O–H groups in total. The Morgan fingerprint density at radius 2 is 1.79 bits per heavy atom. The van der Waals surface area contributed by atoms with Crippen LogP contribution < -0.4 is 10.2 Å². The lowest BCUT2D eigenvalue weighted by atomic mass is 10.0. The van der Waals surface area contributed by atoms with Crippen molar-refractivity contribution in [1.29, 1.82) is 0 Å². The molecule has 6 rings (SSSR count). The Labute approximate surface area is 225 Å². The molecule has 4 aromatic rings. The first-order chi connectivity index (χ1) is 18.8. The Hall–Kier alpha value is -3.93. The Bertz CT molecular complexity index is 1530. The number of nitrogens with zero attached hydrogens (tertiary/aromatic N) is 5. The van der Waals surface area contributed by atoms with E-state index in [2.05, 4.69) is 20.3 Å². The Kier molecular flexibility index (Phi) is 6.49. The van der Waals surface area contributed by atoms with Crippen molar-refractivity contribution in [3.63, 3.8) is 0 Å². The monoisotopic (exact) mass is 554 g/mol. The number of benzene rings is 1. The Morgan fingerprint density at radius 1 is 1.05 bits per heavy atom. The average molecular weight is 555 g/mol. The summed E-state index contributed by atoms with van der Waals surface area (Å²) >= 11 is 1.58. The van der Waals surface area contributed by atoms with E-state index in [9.17, 15) is 18.0 Å². The molecule has 4 heterocycles. The minimum absolute atomic E-state index is 0.268. The fraction of sp³-hybridized carbons (Fsp3) is 0.296. The van der Waals surface area contributed by atoms with E-state index in [1.807, 2.05) is 10.3 Å². The van der Waals surface area contributed by atoms with E-state index in [0.29, 0.717) is 29.1 Å². The highest BCUT2D eigenvalue weighted by Gasteiger charge is 2.36. The fourth-order valence-electron chi connectivity index (χ4n) is 4.60. The van der Waals surface area contributed by atoms with Gasteiger partial charge in [-0.1, -0.05) is 0 Å². The zero-order valence-electron chi connectivity index (χ0n) is 20.5. The lowest BCUT2D eigenvalue weighted by Crippen LogP contribution is -2.23. The van der Waals surface area contributed by atoms with Gasteiger partial charge in [0.2, 0.25) is 0 Å². The van der Waals surface area contributed by atoms with Crippen molar-refractivity contribution in [1.82, 2.24) is 19.9 Å². The molecule has 1 aromatic carbocycles. The zero-order valence-corrected chi connectivity index (χ0v) is 21.3. The topological polar surface area (TPSA) is 83.9 Å². The number of carbonyl (C=O) groups is 1. The van der Waals surface area contributed by atoms with E-state index in [-0.39, 0.29) is 5.82 Å². The first kappa shape index (κ1) is 25.4. The summed E-state index contributed by atoms with van der Waals surface area (Å²) in [5, 5.41) is 5.70. The standard InChI is InChI=1S/C27H22F4N6OS/c28-20-12-19(27(29,30)31)17(23-32-6-3-7-33-23)11-18(20)25(38)35-21-10-16(13-34-24(21)37-8-1-2-9-37)22-14-39-26(36-22)15-4-5-15/h3,6-7,10-15H,1-2,4-5,8-9H2,(H,35,38). The van der Waals surface area contributed by atoms with Crippen LogP contribution in [0.25, 0.3) is 22.6 Å². The molecule has 39 heavy (non-hydrogen) atoms. The van der Waals surface area contributed by atoms with E-state index in [1.54, 1.807) is 23.6 Å². The van der Waals surface area contributed by atoms with Gasteiger partial charge < -0.3 is 10.2 Å². The first-order valence-corrected chi connectivity index (χ1v) is 13.4. The third-order valence-electron chi connectivity index (χ3n) is 6.73. The van der Waals surface area contributed by atoms with E-state index in [1.165, 1.54) is 18.5 Å². The molecule has 3 aromatic heterocycles. The highest BCUT2D eigenvalue weighted by Crippen LogP contribution is 2.43.